The number of nitrogens with zero attached hydrogens (tertiary/aromatic N) is 1. The van der Waals surface area contributed by atoms with Crippen molar-refractivity contribution in [1.29, 1.82) is 0 Å². The average Bonchev–Trinajstić information content (AvgIpc) is 3.82. The van der Waals surface area contributed by atoms with Gasteiger partial charge in [0.15, 0.2) is 0 Å². The van der Waals surface area contributed by atoms with Gasteiger partial charge in [0.1, 0.15) is 0 Å². The van der Waals surface area contributed by atoms with Crippen molar-refractivity contribution in [2.45, 2.75) is 0 Å². The van der Waals surface area contributed by atoms with Crippen LogP contribution < -0.4 is 4.90 Å². The molecule has 0 unspecified atom stereocenters. The van der Waals surface area contributed by atoms with E-state index in [0.29, 0.717) is 0 Å². The van der Waals surface area contributed by atoms with Gasteiger partial charge < -0.3 is 4.90 Å². The summed E-state index contributed by atoms with van der Waals surface area (Å²) in [4.78, 5) is 2.44. The van der Waals surface area contributed by atoms with E-state index in [-0.39, 0.29) is 0 Å². The summed E-state index contributed by atoms with van der Waals surface area (Å²) in [7, 11) is 0. The molecule has 11 rings (SSSR count). The fourth-order valence-corrected chi connectivity index (χ4v) is 10.5. The van der Waals surface area contributed by atoms with E-state index < -0.39 is 0 Å². The lowest BCUT2D eigenvalue weighted by Crippen LogP contribution is -2.11. The summed E-state index contributed by atoms with van der Waals surface area (Å²) in [5.41, 5.74) is 10.6. The van der Waals surface area contributed by atoms with Gasteiger partial charge in [-0.2, -0.15) is 0 Å². The summed E-state index contributed by atoms with van der Waals surface area (Å²) >= 11 is 3.73. The fourth-order valence-electron chi connectivity index (χ4n) is 8.32. The number of hydrogen-bond acceptors (Lipinski definition) is 3. The van der Waals surface area contributed by atoms with Crippen molar-refractivity contribution in [1.82, 2.24) is 0 Å². The van der Waals surface area contributed by atoms with E-state index in [9.17, 15) is 0 Å². The second-order valence-corrected chi connectivity index (χ2v) is 16.2. The summed E-state index contributed by atoms with van der Waals surface area (Å²) in [6.07, 6.45) is 0. The number of thiophene rings is 2. The van der Waals surface area contributed by atoms with E-state index in [1.165, 1.54) is 84.5 Å². The molecule has 11 aromatic rings. The third-order valence-corrected chi connectivity index (χ3v) is 13.2. The van der Waals surface area contributed by atoms with E-state index in [2.05, 4.69) is 205 Å². The summed E-state index contributed by atoms with van der Waals surface area (Å²) in [6.45, 7) is 0. The van der Waals surface area contributed by atoms with Crippen molar-refractivity contribution in [2.75, 3.05) is 4.90 Å². The van der Waals surface area contributed by atoms with Gasteiger partial charge in [0.2, 0.25) is 0 Å². The number of para-hydroxylation sites is 1. The van der Waals surface area contributed by atoms with Crippen molar-refractivity contribution in [3.8, 4) is 33.4 Å². The van der Waals surface area contributed by atoms with Gasteiger partial charge in [-0.15, -0.1) is 22.7 Å². The van der Waals surface area contributed by atoms with E-state index in [0.717, 1.165) is 17.1 Å². The molecule has 9 aromatic carbocycles. The predicted molar refractivity (Wildman–Crippen MR) is 241 cm³/mol. The topological polar surface area (TPSA) is 3.24 Å². The Morgan fingerprint density at radius 2 is 0.909 bits per heavy atom. The highest BCUT2D eigenvalue weighted by Crippen LogP contribution is 2.46. The van der Waals surface area contributed by atoms with Gasteiger partial charge in [0, 0.05) is 57.3 Å². The van der Waals surface area contributed by atoms with Gasteiger partial charge in [-0.3, -0.25) is 0 Å². The molecule has 0 aliphatic carbocycles. The lowest BCUT2D eigenvalue weighted by molar-refractivity contribution is 1.28. The van der Waals surface area contributed by atoms with Crippen molar-refractivity contribution in [2.24, 2.45) is 0 Å². The van der Waals surface area contributed by atoms with E-state index in [1.54, 1.807) is 0 Å². The van der Waals surface area contributed by atoms with Crippen LogP contribution in [0.15, 0.2) is 200 Å². The first kappa shape index (κ1) is 32.0. The van der Waals surface area contributed by atoms with Gasteiger partial charge in [0.25, 0.3) is 0 Å². The largest absolute Gasteiger partial charge is 0.310 e. The van der Waals surface area contributed by atoms with Gasteiger partial charge in [-0.25, -0.2) is 0 Å². The van der Waals surface area contributed by atoms with Crippen LogP contribution in [0.2, 0.25) is 0 Å². The Morgan fingerprint density at radius 3 is 1.80 bits per heavy atom. The van der Waals surface area contributed by atoms with Crippen LogP contribution in [0.3, 0.4) is 0 Å². The molecule has 0 N–H and O–H groups in total. The highest BCUT2D eigenvalue weighted by molar-refractivity contribution is 7.26. The zero-order chi connectivity index (χ0) is 36.3. The molecule has 0 radical (unpaired) electrons. The Bertz CT molecular complexity index is 3220. The third kappa shape index (κ3) is 5.43. The Labute approximate surface area is 327 Å². The van der Waals surface area contributed by atoms with E-state index in [4.69, 9.17) is 0 Å². The van der Waals surface area contributed by atoms with Crippen LogP contribution in [-0.2, 0) is 0 Å². The molecule has 258 valence electrons. The summed E-state index contributed by atoms with van der Waals surface area (Å²) in [5.74, 6) is 0. The molecule has 0 spiro atoms. The molecule has 2 heterocycles. The van der Waals surface area contributed by atoms with Gasteiger partial charge in [-0.05, 0) is 99.3 Å². The first-order valence-electron chi connectivity index (χ1n) is 18.7. The minimum absolute atomic E-state index is 1.11. The lowest BCUT2D eigenvalue weighted by Gasteiger charge is -2.29. The highest BCUT2D eigenvalue weighted by atomic mass is 32.1. The first-order chi connectivity index (χ1) is 27.3. The predicted octanol–water partition coefficient (Wildman–Crippen LogP) is 16.0. The number of rotatable bonds is 6. The number of anilines is 3. The molecule has 1 nitrogen and oxygen atoms in total. The van der Waals surface area contributed by atoms with Crippen molar-refractivity contribution >= 4 is 90.9 Å². The molecular formula is C52H33NS2. The number of hydrogen-bond donors (Lipinski definition) is 0. The minimum Gasteiger partial charge on any atom is -0.310 e. The number of benzene rings is 9. The second-order valence-electron chi connectivity index (χ2n) is 14.1. The lowest BCUT2D eigenvalue weighted by atomic mass is 9.95. The molecule has 0 bridgehead atoms. The van der Waals surface area contributed by atoms with Crippen LogP contribution in [0.1, 0.15) is 0 Å². The van der Waals surface area contributed by atoms with Crippen LogP contribution in [-0.4, -0.2) is 0 Å². The van der Waals surface area contributed by atoms with E-state index >= 15 is 0 Å². The smallest absolute Gasteiger partial charge is 0.0540 e. The van der Waals surface area contributed by atoms with Gasteiger partial charge in [-0.1, -0.05) is 140 Å². The van der Waals surface area contributed by atoms with Gasteiger partial charge >= 0.3 is 0 Å². The Kier molecular flexibility index (Phi) is 7.61. The molecule has 0 atom stereocenters. The molecule has 0 fully saturated rings. The Balaban J connectivity index is 1.09. The van der Waals surface area contributed by atoms with E-state index in [1.807, 2.05) is 22.7 Å². The highest BCUT2D eigenvalue weighted by Gasteiger charge is 2.20. The molecule has 0 amide bonds. The molecule has 0 saturated heterocycles. The Hall–Kier alpha value is -6.52. The Morgan fingerprint density at radius 1 is 0.309 bits per heavy atom. The maximum atomic E-state index is 2.44. The van der Waals surface area contributed by atoms with Crippen LogP contribution in [0.25, 0.3) is 84.5 Å². The minimum atomic E-state index is 1.11. The molecular weight excluding hydrogens is 703 g/mol. The number of fused-ring (bicyclic) bond motifs is 7. The van der Waals surface area contributed by atoms with Gasteiger partial charge in [0.05, 0.1) is 5.69 Å². The molecule has 3 heteroatoms. The van der Waals surface area contributed by atoms with Crippen LogP contribution in [0.5, 0.6) is 0 Å². The molecule has 0 aliphatic heterocycles. The normalized spacial score (nSPS) is 11.6. The summed E-state index contributed by atoms with van der Waals surface area (Å²) in [5, 5.41) is 7.75. The van der Waals surface area contributed by atoms with Crippen LogP contribution >= 0.6 is 22.7 Å². The van der Waals surface area contributed by atoms with Crippen molar-refractivity contribution in [3.63, 3.8) is 0 Å². The first-order valence-corrected chi connectivity index (χ1v) is 20.3. The SMILES string of the molecule is c1cc(-c2cccc3sc4ccccc4c23)cc(N(c2ccc(-c3ccc4sc5ccccc5c4c3)cc2)c2ccccc2-c2cccc3ccccc23)c1. The van der Waals surface area contributed by atoms with Crippen molar-refractivity contribution in [3.05, 3.63) is 200 Å². The molecule has 0 aliphatic rings. The zero-order valence-electron chi connectivity index (χ0n) is 29.8. The quantitative estimate of drug-likeness (QED) is 0.164. The summed E-state index contributed by atoms with van der Waals surface area (Å²) in [6, 6.07) is 73.5. The summed E-state index contributed by atoms with van der Waals surface area (Å²) < 4.78 is 5.28. The second kappa shape index (κ2) is 13.1. The monoisotopic (exact) mass is 735 g/mol. The van der Waals surface area contributed by atoms with Crippen LogP contribution in [0.4, 0.5) is 17.1 Å². The molecule has 2 aromatic heterocycles. The fraction of sp³-hybridized carbons (Fsp3) is 0. The third-order valence-electron chi connectivity index (χ3n) is 10.9. The maximum Gasteiger partial charge on any atom is 0.0540 e. The van der Waals surface area contributed by atoms with Crippen LogP contribution in [0, 0.1) is 0 Å². The maximum absolute atomic E-state index is 2.44. The zero-order valence-corrected chi connectivity index (χ0v) is 31.4. The molecule has 0 saturated carbocycles. The van der Waals surface area contributed by atoms with Crippen molar-refractivity contribution < 1.29 is 0 Å². The molecule has 55 heavy (non-hydrogen) atoms. The average molecular weight is 736 g/mol. The standard InChI is InChI=1S/C52H33NS2/c1-2-16-40-35(12-1)13-10-21-42(40)43-17-3-6-22-47(43)53(38-29-26-34(27-30-38)36-28-31-50-46(33-36)44-18-4-7-23-48(44)54-50)39-15-9-14-37(32-39)41-20-11-25-51-52(41)45-19-5-8-24-49(45)55-51/h1-33H.